The van der Waals surface area contributed by atoms with Crippen LogP contribution in [0.2, 0.25) is 0 Å². The van der Waals surface area contributed by atoms with Gasteiger partial charge >= 0.3 is 0 Å². The summed E-state index contributed by atoms with van der Waals surface area (Å²) in [5.41, 5.74) is 6.77. The van der Waals surface area contributed by atoms with Crippen LogP contribution < -0.4 is 5.32 Å². The first-order valence-corrected chi connectivity index (χ1v) is 11.1. The zero-order chi connectivity index (χ0) is 21.6. The minimum absolute atomic E-state index is 0.0769. The number of carbonyl (C=O) groups is 1. The van der Waals surface area contributed by atoms with Crippen LogP contribution >= 0.6 is 11.8 Å². The Hall–Kier alpha value is -3.44. The molecular formula is C26H23N3OS. The molecule has 0 unspecified atom stereocenters. The second-order valence-corrected chi connectivity index (χ2v) is 8.25. The van der Waals surface area contributed by atoms with E-state index in [9.17, 15) is 4.79 Å². The number of rotatable bonds is 6. The molecule has 0 atom stereocenters. The Balaban J connectivity index is 1.56. The van der Waals surface area contributed by atoms with Crippen molar-refractivity contribution in [2.75, 3.05) is 11.1 Å². The van der Waals surface area contributed by atoms with Crippen molar-refractivity contribution in [3.63, 3.8) is 0 Å². The molecule has 0 aliphatic rings. The Morgan fingerprint density at radius 1 is 0.806 bits per heavy atom. The number of nitrogens with one attached hydrogen (secondary N) is 1. The molecule has 1 N–H and O–H groups in total. The molecule has 4 nitrogen and oxygen atoms in total. The van der Waals surface area contributed by atoms with Crippen molar-refractivity contribution in [2.45, 2.75) is 19.0 Å². The van der Waals surface area contributed by atoms with Crippen LogP contribution in [0.15, 0.2) is 90.1 Å². The molecule has 4 aromatic rings. The minimum atomic E-state index is -0.0769. The molecule has 5 heteroatoms. The molecule has 0 saturated carbocycles. The van der Waals surface area contributed by atoms with E-state index in [-0.39, 0.29) is 11.7 Å². The van der Waals surface area contributed by atoms with Gasteiger partial charge < -0.3 is 5.32 Å². The molecule has 0 fully saturated rings. The quantitative estimate of drug-likeness (QED) is 0.297. The van der Waals surface area contributed by atoms with Crippen LogP contribution in [0.5, 0.6) is 0 Å². The van der Waals surface area contributed by atoms with Gasteiger partial charge in [0.15, 0.2) is 5.16 Å². The third kappa shape index (κ3) is 5.38. The van der Waals surface area contributed by atoms with Crippen LogP contribution in [0, 0.1) is 13.8 Å². The molecule has 0 aliphatic carbocycles. The van der Waals surface area contributed by atoms with Gasteiger partial charge in [0.05, 0.1) is 17.1 Å². The van der Waals surface area contributed by atoms with E-state index in [1.807, 2.05) is 92.7 Å². The average molecular weight is 426 g/mol. The number of nitrogens with zero attached hydrogens (tertiary/aromatic N) is 2. The Bertz CT molecular complexity index is 1140. The predicted octanol–water partition coefficient (Wildman–Crippen LogP) is 6.16. The highest BCUT2D eigenvalue weighted by molar-refractivity contribution is 7.99. The fourth-order valence-electron chi connectivity index (χ4n) is 3.27. The lowest BCUT2D eigenvalue weighted by molar-refractivity contribution is -0.113. The van der Waals surface area contributed by atoms with Crippen LogP contribution in [0.3, 0.4) is 0 Å². The van der Waals surface area contributed by atoms with E-state index >= 15 is 0 Å². The standard InChI is InChI=1S/C26H23N3OS/c1-18-13-14-22(19(2)15-18)27-25(30)17-31-26-28-23(20-9-5-3-6-10-20)16-24(29-26)21-11-7-4-8-12-21/h3-16H,17H2,1-2H3,(H,27,30). The zero-order valence-electron chi connectivity index (χ0n) is 17.5. The number of anilines is 1. The van der Waals surface area contributed by atoms with Crippen molar-refractivity contribution >= 4 is 23.4 Å². The summed E-state index contributed by atoms with van der Waals surface area (Å²) in [5.74, 6) is 0.159. The Morgan fingerprint density at radius 2 is 1.39 bits per heavy atom. The summed E-state index contributed by atoms with van der Waals surface area (Å²) in [6.07, 6.45) is 0. The molecular weight excluding hydrogens is 402 g/mol. The maximum Gasteiger partial charge on any atom is 0.234 e. The molecule has 0 spiro atoms. The van der Waals surface area contributed by atoms with Gasteiger partial charge in [-0.25, -0.2) is 9.97 Å². The van der Waals surface area contributed by atoms with E-state index < -0.39 is 0 Å². The summed E-state index contributed by atoms with van der Waals surface area (Å²) in [4.78, 5) is 22.0. The van der Waals surface area contributed by atoms with E-state index in [0.29, 0.717) is 5.16 Å². The monoisotopic (exact) mass is 425 g/mol. The summed E-state index contributed by atoms with van der Waals surface area (Å²) >= 11 is 1.34. The summed E-state index contributed by atoms with van der Waals surface area (Å²) < 4.78 is 0. The van der Waals surface area contributed by atoms with Gasteiger partial charge in [-0.3, -0.25) is 4.79 Å². The van der Waals surface area contributed by atoms with Gasteiger partial charge in [-0.05, 0) is 31.5 Å². The first-order valence-electron chi connectivity index (χ1n) is 10.1. The maximum absolute atomic E-state index is 12.5. The number of amides is 1. The fraction of sp³-hybridized carbons (Fsp3) is 0.115. The van der Waals surface area contributed by atoms with Crippen molar-refractivity contribution < 1.29 is 4.79 Å². The van der Waals surface area contributed by atoms with Gasteiger partial charge in [0, 0.05) is 16.8 Å². The highest BCUT2D eigenvalue weighted by Gasteiger charge is 2.12. The number of hydrogen-bond acceptors (Lipinski definition) is 4. The summed E-state index contributed by atoms with van der Waals surface area (Å²) in [6, 6.07) is 28.0. The van der Waals surface area contributed by atoms with Crippen LogP contribution in [0.25, 0.3) is 22.5 Å². The summed E-state index contributed by atoms with van der Waals surface area (Å²) in [7, 11) is 0. The fourth-order valence-corrected chi connectivity index (χ4v) is 3.93. The van der Waals surface area contributed by atoms with Gasteiger partial charge in [-0.2, -0.15) is 0 Å². The lowest BCUT2D eigenvalue weighted by Crippen LogP contribution is -2.15. The second-order valence-electron chi connectivity index (χ2n) is 7.31. The number of thioether (sulfide) groups is 1. The molecule has 1 amide bonds. The Labute approximate surface area is 186 Å². The van der Waals surface area contributed by atoms with Crippen molar-refractivity contribution in [1.82, 2.24) is 9.97 Å². The molecule has 0 bridgehead atoms. The topological polar surface area (TPSA) is 54.9 Å². The summed E-state index contributed by atoms with van der Waals surface area (Å²) in [6.45, 7) is 4.03. The highest BCUT2D eigenvalue weighted by Crippen LogP contribution is 2.27. The summed E-state index contributed by atoms with van der Waals surface area (Å²) in [5, 5.41) is 3.56. The molecule has 0 saturated heterocycles. The van der Waals surface area contributed by atoms with Crippen LogP contribution in [-0.4, -0.2) is 21.6 Å². The highest BCUT2D eigenvalue weighted by atomic mass is 32.2. The van der Waals surface area contributed by atoms with E-state index in [0.717, 1.165) is 33.8 Å². The number of hydrogen-bond donors (Lipinski definition) is 1. The van der Waals surface area contributed by atoms with E-state index in [4.69, 9.17) is 9.97 Å². The van der Waals surface area contributed by atoms with E-state index in [1.54, 1.807) is 0 Å². The van der Waals surface area contributed by atoms with E-state index in [2.05, 4.69) is 11.4 Å². The van der Waals surface area contributed by atoms with E-state index in [1.165, 1.54) is 17.3 Å². The average Bonchev–Trinajstić information content (AvgIpc) is 2.80. The minimum Gasteiger partial charge on any atom is -0.325 e. The van der Waals surface area contributed by atoms with Crippen LogP contribution in [-0.2, 0) is 4.79 Å². The number of carbonyl (C=O) groups excluding carboxylic acids is 1. The van der Waals surface area contributed by atoms with Gasteiger partial charge in [-0.1, -0.05) is 90.1 Å². The normalized spacial score (nSPS) is 10.6. The van der Waals surface area contributed by atoms with Crippen molar-refractivity contribution in [1.29, 1.82) is 0 Å². The van der Waals surface area contributed by atoms with Crippen molar-refractivity contribution in [3.8, 4) is 22.5 Å². The van der Waals surface area contributed by atoms with Gasteiger partial charge in [0.25, 0.3) is 0 Å². The third-order valence-corrected chi connectivity index (χ3v) is 5.68. The van der Waals surface area contributed by atoms with Gasteiger partial charge in [0.2, 0.25) is 5.91 Å². The molecule has 154 valence electrons. The molecule has 4 rings (SSSR count). The smallest absolute Gasteiger partial charge is 0.234 e. The first kappa shape index (κ1) is 20.8. The molecule has 0 radical (unpaired) electrons. The predicted molar refractivity (Wildman–Crippen MR) is 128 cm³/mol. The molecule has 1 aromatic heterocycles. The van der Waals surface area contributed by atoms with Crippen LogP contribution in [0.4, 0.5) is 5.69 Å². The van der Waals surface area contributed by atoms with Crippen LogP contribution in [0.1, 0.15) is 11.1 Å². The largest absolute Gasteiger partial charge is 0.325 e. The molecule has 0 aliphatic heterocycles. The van der Waals surface area contributed by atoms with Gasteiger partial charge in [0.1, 0.15) is 0 Å². The second kappa shape index (κ2) is 9.58. The number of aromatic nitrogens is 2. The molecule has 1 heterocycles. The number of aryl methyl sites for hydroxylation is 2. The molecule has 3 aromatic carbocycles. The molecule has 31 heavy (non-hydrogen) atoms. The lowest BCUT2D eigenvalue weighted by atomic mass is 10.1. The third-order valence-electron chi connectivity index (χ3n) is 4.83. The van der Waals surface area contributed by atoms with Crippen molar-refractivity contribution in [2.24, 2.45) is 0 Å². The SMILES string of the molecule is Cc1ccc(NC(=O)CSc2nc(-c3ccccc3)cc(-c3ccccc3)n2)c(C)c1. The zero-order valence-corrected chi connectivity index (χ0v) is 18.3. The maximum atomic E-state index is 12.5. The lowest BCUT2D eigenvalue weighted by Gasteiger charge is -2.10. The first-order chi connectivity index (χ1) is 15.1. The number of benzene rings is 3. The van der Waals surface area contributed by atoms with Crippen molar-refractivity contribution in [3.05, 3.63) is 96.1 Å². The van der Waals surface area contributed by atoms with Gasteiger partial charge in [-0.15, -0.1) is 0 Å². The Morgan fingerprint density at radius 3 is 1.94 bits per heavy atom. The Kier molecular flexibility index (Phi) is 6.43.